The quantitative estimate of drug-likeness (QED) is 0.625. The van der Waals surface area contributed by atoms with Crippen LogP contribution in [0.3, 0.4) is 0 Å². The normalized spacial score (nSPS) is 19.1. The van der Waals surface area contributed by atoms with Gasteiger partial charge in [0.2, 0.25) is 5.91 Å². The van der Waals surface area contributed by atoms with Crippen LogP contribution in [0.25, 0.3) is 0 Å². The Balaban J connectivity index is 2.31. The smallest absolute Gasteiger partial charge is 0.302 e. The number of nitrogens with zero attached hydrogens (tertiary/aromatic N) is 1. The van der Waals surface area contributed by atoms with Crippen molar-refractivity contribution in [3.63, 3.8) is 0 Å². The molecule has 0 bridgehead atoms. The number of halogens is 2. The average Bonchev–Trinajstić information content (AvgIpc) is 2.67. The number of hydrogen-bond donors (Lipinski definition) is 0. The van der Waals surface area contributed by atoms with Crippen molar-refractivity contribution in [2.45, 2.75) is 13.3 Å². The summed E-state index contributed by atoms with van der Waals surface area (Å²) in [6, 6.07) is 4.52. The molecule has 114 valence electrons. The van der Waals surface area contributed by atoms with Crippen molar-refractivity contribution in [3.8, 4) is 0 Å². The Morgan fingerprint density at radius 3 is 2.71 bits per heavy atom. The third-order valence-electron chi connectivity index (χ3n) is 3.27. The standard InChI is InChI=1S/C13H13ClFNO4S/c1-8(17)11-5-10(14)2-3-12(11)16-6-9(4-13(16)18)7-21(15,19)20/h2-3,5,9H,4,6-7H2,1H3. The Kier molecular flexibility index (Phi) is 4.34. The summed E-state index contributed by atoms with van der Waals surface area (Å²) in [4.78, 5) is 24.9. The van der Waals surface area contributed by atoms with Crippen LogP contribution >= 0.6 is 11.6 Å². The molecule has 1 aliphatic heterocycles. The van der Waals surface area contributed by atoms with Gasteiger partial charge in [-0.2, -0.15) is 8.42 Å². The SMILES string of the molecule is CC(=O)c1cc(Cl)ccc1N1CC(CS(=O)(=O)F)CC1=O. The molecule has 1 unspecified atom stereocenters. The number of carbonyl (C=O) groups is 2. The maximum absolute atomic E-state index is 12.7. The molecule has 1 aromatic rings. The largest absolute Gasteiger partial charge is 0.311 e. The van der Waals surface area contributed by atoms with Crippen molar-refractivity contribution >= 4 is 39.2 Å². The van der Waals surface area contributed by atoms with Gasteiger partial charge in [0.15, 0.2) is 5.78 Å². The Hall–Kier alpha value is -1.47. The second-order valence-corrected chi connectivity index (χ2v) is 6.85. The lowest BCUT2D eigenvalue weighted by Gasteiger charge is -2.19. The second-order valence-electron chi connectivity index (χ2n) is 5.00. The van der Waals surface area contributed by atoms with Crippen LogP contribution in [0.2, 0.25) is 5.02 Å². The van der Waals surface area contributed by atoms with Gasteiger partial charge in [0.25, 0.3) is 0 Å². The molecule has 1 aromatic carbocycles. The molecule has 5 nitrogen and oxygen atoms in total. The summed E-state index contributed by atoms with van der Waals surface area (Å²) in [5.74, 6) is -1.92. The first-order valence-corrected chi connectivity index (χ1v) is 8.13. The van der Waals surface area contributed by atoms with Gasteiger partial charge in [-0.3, -0.25) is 9.59 Å². The van der Waals surface area contributed by atoms with E-state index >= 15 is 0 Å². The number of benzene rings is 1. The molecular weight excluding hydrogens is 321 g/mol. The molecule has 1 heterocycles. The van der Waals surface area contributed by atoms with Gasteiger partial charge in [0.1, 0.15) is 0 Å². The summed E-state index contributed by atoms with van der Waals surface area (Å²) in [5, 5.41) is 0.360. The molecule has 0 aliphatic carbocycles. The van der Waals surface area contributed by atoms with Gasteiger partial charge in [-0.1, -0.05) is 11.6 Å². The van der Waals surface area contributed by atoms with Gasteiger partial charge in [-0.05, 0) is 25.1 Å². The zero-order valence-electron chi connectivity index (χ0n) is 11.2. The molecule has 1 atom stereocenters. The van der Waals surface area contributed by atoms with Crippen LogP contribution in [0.4, 0.5) is 9.57 Å². The van der Waals surface area contributed by atoms with E-state index in [0.717, 1.165) is 0 Å². The monoisotopic (exact) mass is 333 g/mol. The summed E-state index contributed by atoms with van der Waals surface area (Å²) in [5.41, 5.74) is 0.648. The number of rotatable bonds is 4. The first-order valence-electron chi connectivity index (χ1n) is 6.20. The molecule has 0 spiro atoms. The number of hydrogen-bond acceptors (Lipinski definition) is 4. The highest BCUT2D eigenvalue weighted by atomic mass is 35.5. The molecule has 21 heavy (non-hydrogen) atoms. The Labute approximate surface area is 126 Å². The third kappa shape index (κ3) is 3.79. The lowest BCUT2D eigenvalue weighted by Crippen LogP contribution is -2.27. The molecule has 8 heteroatoms. The average molecular weight is 334 g/mol. The van der Waals surface area contributed by atoms with Crippen LogP contribution in [0.15, 0.2) is 18.2 Å². The molecule has 0 aromatic heterocycles. The summed E-state index contributed by atoms with van der Waals surface area (Å²) in [7, 11) is -4.64. The molecular formula is C13H13ClFNO4S. The fourth-order valence-corrected chi connectivity index (χ4v) is 3.39. The number of amides is 1. The van der Waals surface area contributed by atoms with E-state index in [4.69, 9.17) is 11.6 Å². The molecule has 1 saturated heterocycles. The van der Waals surface area contributed by atoms with Crippen LogP contribution in [0, 0.1) is 5.92 Å². The zero-order valence-corrected chi connectivity index (χ0v) is 12.7. The van der Waals surface area contributed by atoms with E-state index in [0.29, 0.717) is 10.7 Å². The number of Topliss-reactive ketones (excluding diaryl/α,β-unsaturated/α-hetero) is 1. The number of ketones is 1. The van der Waals surface area contributed by atoms with E-state index in [9.17, 15) is 21.9 Å². The van der Waals surface area contributed by atoms with E-state index < -0.39 is 21.9 Å². The van der Waals surface area contributed by atoms with Gasteiger partial charge in [0, 0.05) is 29.5 Å². The lowest BCUT2D eigenvalue weighted by molar-refractivity contribution is -0.117. The van der Waals surface area contributed by atoms with Gasteiger partial charge >= 0.3 is 10.2 Å². The first-order chi connectivity index (χ1) is 9.67. The minimum atomic E-state index is -4.64. The van der Waals surface area contributed by atoms with E-state index in [2.05, 4.69) is 0 Å². The summed E-state index contributed by atoms with van der Waals surface area (Å²) in [6.07, 6.45) is -0.0663. The van der Waals surface area contributed by atoms with Crippen molar-refractivity contribution in [3.05, 3.63) is 28.8 Å². The van der Waals surface area contributed by atoms with E-state index in [1.165, 1.54) is 30.0 Å². The highest BCUT2D eigenvalue weighted by molar-refractivity contribution is 7.86. The summed E-state index contributed by atoms with van der Waals surface area (Å²) in [6.45, 7) is 1.41. The van der Waals surface area contributed by atoms with Crippen LogP contribution in [0.1, 0.15) is 23.7 Å². The molecule has 1 amide bonds. The fourth-order valence-electron chi connectivity index (χ4n) is 2.43. The molecule has 0 N–H and O–H groups in total. The molecule has 2 rings (SSSR count). The highest BCUT2D eigenvalue weighted by Crippen LogP contribution is 2.31. The molecule has 0 saturated carbocycles. The van der Waals surface area contributed by atoms with Gasteiger partial charge in [-0.15, -0.1) is 3.89 Å². The van der Waals surface area contributed by atoms with Crippen molar-refractivity contribution < 1.29 is 21.9 Å². The number of carbonyl (C=O) groups excluding carboxylic acids is 2. The predicted octanol–water partition coefficient (Wildman–Crippen LogP) is 2.19. The molecule has 1 aliphatic rings. The first kappa shape index (κ1) is 15.9. The van der Waals surface area contributed by atoms with Crippen LogP contribution in [0.5, 0.6) is 0 Å². The third-order valence-corrected chi connectivity index (χ3v) is 4.37. The second kappa shape index (κ2) is 5.73. The molecule has 1 fully saturated rings. The van der Waals surface area contributed by atoms with E-state index in [1.807, 2.05) is 0 Å². The highest BCUT2D eigenvalue weighted by Gasteiger charge is 2.34. The number of anilines is 1. The summed E-state index contributed by atoms with van der Waals surface area (Å²) >= 11 is 5.84. The van der Waals surface area contributed by atoms with Gasteiger partial charge in [0.05, 0.1) is 11.4 Å². The Morgan fingerprint density at radius 2 is 2.14 bits per heavy atom. The van der Waals surface area contributed by atoms with Gasteiger partial charge < -0.3 is 4.90 Å². The van der Waals surface area contributed by atoms with Crippen molar-refractivity contribution in [1.29, 1.82) is 0 Å². The maximum Gasteiger partial charge on any atom is 0.302 e. The lowest BCUT2D eigenvalue weighted by atomic mass is 10.1. The van der Waals surface area contributed by atoms with E-state index in [1.54, 1.807) is 0 Å². The van der Waals surface area contributed by atoms with Gasteiger partial charge in [-0.25, -0.2) is 0 Å². The minimum absolute atomic E-state index is 0.0594. The topological polar surface area (TPSA) is 71.5 Å². The fraction of sp³-hybridized carbons (Fsp3) is 0.385. The predicted molar refractivity (Wildman–Crippen MR) is 76.8 cm³/mol. The van der Waals surface area contributed by atoms with Crippen LogP contribution < -0.4 is 4.90 Å². The van der Waals surface area contributed by atoms with Crippen molar-refractivity contribution in [2.24, 2.45) is 5.92 Å². The molecule has 0 radical (unpaired) electrons. The van der Waals surface area contributed by atoms with Crippen LogP contribution in [-0.2, 0) is 15.0 Å². The van der Waals surface area contributed by atoms with Crippen molar-refractivity contribution in [2.75, 3.05) is 17.2 Å². The van der Waals surface area contributed by atoms with Crippen LogP contribution in [-0.4, -0.2) is 32.4 Å². The Bertz CT molecular complexity index is 704. The van der Waals surface area contributed by atoms with E-state index in [-0.39, 0.29) is 30.2 Å². The summed E-state index contributed by atoms with van der Waals surface area (Å²) < 4.78 is 34.1. The zero-order chi connectivity index (χ0) is 15.8. The minimum Gasteiger partial charge on any atom is -0.311 e. The van der Waals surface area contributed by atoms with Crippen molar-refractivity contribution in [1.82, 2.24) is 0 Å². The Morgan fingerprint density at radius 1 is 1.48 bits per heavy atom. The maximum atomic E-state index is 12.7.